The molecule has 1 aromatic carbocycles. The molecule has 0 aromatic heterocycles. The highest BCUT2D eigenvalue weighted by Gasteiger charge is 1.98. The van der Waals surface area contributed by atoms with Crippen LogP contribution in [0.3, 0.4) is 0 Å². The number of rotatable bonds is 1. The third-order valence-electron chi connectivity index (χ3n) is 1.46. The van der Waals surface area contributed by atoms with Gasteiger partial charge in [0.15, 0.2) is 0 Å². The van der Waals surface area contributed by atoms with Gasteiger partial charge in [-0.2, -0.15) is 0 Å². The lowest BCUT2D eigenvalue weighted by Crippen LogP contribution is -1.84. The monoisotopic (exact) mass is 258 g/mol. The van der Waals surface area contributed by atoms with E-state index >= 15 is 0 Å². The Kier molecular flexibility index (Phi) is 4.14. The fourth-order valence-corrected chi connectivity index (χ4v) is 1.16. The van der Waals surface area contributed by atoms with Crippen LogP contribution in [0.15, 0.2) is 18.2 Å². The van der Waals surface area contributed by atoms with Crippen LogP contribution in [0.25, 0.3) is 0 Å². The van der Waals surface area contributed by atoms with Crippen LogP contribution in [0, 0.1) is 11.8 Å². The van der Waals surface area contributed by atoms with E-state index in [1.54, 1.807) is 13.2 Å². The SMILES string of the molecule is COc1ccc(Cl)c(C#CCBr)c1. The van der Waals surface area contributed by atoms with Gasteiger partial charge in [0.2, 0.25) is 0 Å². The second-order valence-electron chi connectivity index (χ2n) is 2.28. The van der Waals surface area contributed by atoms with E-state index in [-0.39, 0.29) is 0 Å². The molecule has 0 aliphatic heterocycles. The van der Waals surface area contributed by atoms with Crippen molar-refractivity contribution >= 4 is 27.5 Å². The average molecular weight is 260 g/mol. The predicted octanol–water partition coefficient (Wildman–Crippen LogP) is 3.10. The van der Waals surface area contributed by atoms with Crippen molar-refractivity contribution in [2.75, 3.05) is 12.4 Å². The minimum atomic E-state index is 0.639. The van der Waals surface area contributed by atoms with Crippen molar-refractivity contribution in [3.63, 3.8) is 0 Å². The largest absolute Gasteiger partial charge is 0.497 e. The van der Waals surface area contributed by atoms with Crippen LogP contribution in [-0.4, -0.2) is 12.4 Å². The predicted molar refractivity (Wildman–Crippen MR) is 58.7 cm³/mol. The molecule has 1 rings (SSSR count). The molecule has 0 saturated heterocycles. The lowest BCUT2D eigenvalue weighted by atomic mass is 10.2. The molecule has 68 valence electrons. The Morgan fingerprint density at radius 3 is 2.92 bits per heavy atom. The number of halogens is 2. The summed E-state index contributed by atoms with van der Waals surface area (Å²) in [6.07, 6.45) is 0. The first kappa shape index (κ1) is 10.4. The third kappa shape index (κ3) is 2.95. The van der Waals surface area contributed by atoms with E-state index in [9.17, 15) is 0 Å². The molecule has 0 unspecified atom stereocenters. The number of alkyl halides is 1. The van der Waals surface area contributed by atoms with E-state index in [1.165, 1.54) is 0 Å². The lowest BCUT2D eigenvalue weighted by molar-refractivity contribution is 0.414. The van der Waals surface area contributed by atoms with Gasteiger partial charge >= 0.3 is 0 Å². The molecule has 0 saturated carbocycles. The second-order valence-corrected chi connectivity index (χ2v) is 3.25. The van der Waals surface area contributed by atoms with Gasteiger partial charge in [-0.3, -0.25) is 0 Å². The fraction of sp³-hybridized carbons (Fsp3) is 0.200. The summed E-state index contributed by atoms with van der Waals surface area (Å²) in [5.74, 6) is 6.58. The van der Waals surface area contributed by atoms with Crippen LogP contribution in [0.2, 0.25) is 5.02 Å². The molecule has 0 bridgehead atoms. The highest BCUT2D eigenvalue weighted by Crippen LogP contribution is 2.20. The van der Waals surface area contributed by atoms with Gasteiger partial charge in [-0.05, 0) is 18.2 Å². The van der Waals surface area contributed by atoms with Crippen molar-refractivity contribution in [3.05, 3.63) is 28.8 Å². The maximum absolute atomic E-state index is 5.92. The van der Waals surface area contributed by atoms with Gasteiger partial charge < -0.3 is 4.74 Å². The summed E-state index contributed by atoms with van der Waals surface area (Å²) in [4.78, 5) is 0. The molecule has 0 atom stereocenters. The van der Waals surface area contributed by atoms with Gasteiger partial charge in [0.1, 0.15) is 5.75 Å². The molecule has 1 aromatic rings. The standard InChI is InChI=1S/C10H8BrClO/c1-13-9-4-5-10(12)8(7-9)3-2-6-11/h4-5,7H,6H2,1H3. The summed E-state index contributed by atoms with van der Waals surface area (Å²) in [5.41, 5.74) is 0.792. The van der Waals surface area contributed by atoms with Crippen LogP contribution in [0.1, 0.15) is 5.56 Å². The van der Waals surface area contributed by atoms with Crippen LogP contribution >= 0.6 is 27.5 Å². The molecule has 1 nitrogen and oxygen atoms in total. The molecule has 0 aliphatic rings. The quantitative estimate of drug-likeness (QED) is 0.556. The van der Waals surface area contributed by atoms with Gasteiger partial charge in [0.25, 0.3) is 0 Å². The zero-order chi connectivity index (χ0) is 9.68. The molecular weight excluding hydrogens is 251 g/mol. The molecule has 0 radical (unpaired) electrons. The molecule has 0 spiro atoms. The van der Waals surface area contributed by atoms with E-state index < -0.39 is 0 Å². The minimum absolute atomic E-state index is 0.639. The van der Waals surface area contributed by atoms with E-state index in [2.05, 4.69) is 27.8 Å². The Balaban J connectivity index is 3.04. The minimum Gasteiger partial charge on any atom is -0.497 e. The average Bonchev–Trinajstić information content (AvgIpc) is 2.17. The highest BCUT2D eigenvalue weighted by molar-refractivity contribution is 9.09. The van der Waals surface area contributed by atoms with Gasteiger partial charge in [-0.25, -0.2) is 0 Å². The topological polar surface area (TPSA) is 9.23 Å². The second kappa shape index (κ2) is 5.16. The molecule has 0 N–H and O–H groups in total. The molecule has 3 heteroatoms. The number of hydrogen-bond acceptors (Lipinski definition) is 1. The third-order valence-corrected chi connectivity index (χ3v) is 2.07. The first-order valence-electron chi connectivity index (χ1n) is 3.66. The first-order valence-corrected chi connectivity index (χ1v) is 5.16. The van der Waals surface area contributed by atoms with E-state index in [1.807, 2.05) is 12.1 Å². The van der Waals surface area contributed by atoms with Crippen molar-refractivity contribution < 1.29 is 4.74 Å². The van der Waals surface area contributed by atoms with E-state index in [4.69, 9.17) is 16.3 Å². The molecule has 0 fully saturated rings. The molecule has 0 heterocycles. The summed E-state index contributed by atoms with van der Waals surface area (Å²) in [6.45, 7) is 0. The van der Waals surface area contributed by atoms with Crippen LogP contribution in [0.4, 0.5) is 0 Å². The Labute approximate surface area is 91.2 Å². The number of hydrogen-bond donors (Lipinski definition) is 0. The van der Waals surface area contributed by atoms with E-state index in [0.717, 1.165) is 11.3 Å². The Bertz CT molecular complexity index is 352. The van der Waals surface area contributed by atoms with Crippen LogP contribution in [-0.2, 0) is 0 Å². The summed E-state index contributed by atoms with van der Waals surface area (Å²) < 4.78 is 5.05. The molecular formula is C10H8BrClO. The van der Waals surface area contributed by atoms with Gasteiger partial charge in [-0.15, -0.1) is 0 Å². The zero-order valence-corrected chi connectivity index (χ0v) is 9.45. The normalized spacial score (nSPS) is 8.85. The Morgan fingerprint density at radius 2 is 2.31 bits per heavy atom. The molecule has 0 aliphatic carbocycles. The molecule has 0 amide bonds. The van der Waals surface area contributed by atoms with E-state index in [0.29, 0.717) is 10.4 Å². The Morgan fingerprint density at radius 1 is 1.54 bits per heavy atom. The van der Waals surface area contributed by atoms with Crippen molar-refractivity contribution in [1.29, 1.82) is 0 Å². The molecule has 13 heavy (non-hydrogen) atoms. The van der Waals surface area contributed by atoms with Crippen molar-refractivity contribution in [2.45, 2.75) is 0 Å². The lowest BCUT2D eigenvalue weighted by Gasteiger charge is -2.00. The summed E-state index contributed by atoms with van der Waals surface area (Å²) in [6, 6.07) is 5.40. The fourth-order valence-electron chi connectivity index (χ4n) is 0.856. The number of ether oxygens (including phenoxy) is 1. The summed E-state index contributed by atoms with van der Waals surface area (Å²) in [5, 5.41) is 1.29. The summed E-state index contributed by atoms with van der Waals surface area (Å²) >= 11 is 9.13. The smallest absolute Gasteiger partial charge is 0.120 e. The van der Waals surface area contributed by atoms with Crippen LogP contribution in [0.5, 0.6) is 5.75 Å². The maximum atomic E-state index is 5.92. The summed E-state index contributed by atoms with van der Waals surface area (Å²) in [7, 11) is 1.62. The highest BCUT2D eigenvalue weighted by atomic mass is 79.9. The van der Waals surface area contributed by atoms with Crippen molar-refractivity contribution in [3.8, 4) is 17.6 Å². The maximum Gasteiger partial charge on any atom is 0.120 e. The van der Waals surface area contributed by atoms with Crippen LogP contribution < -0.4 is 4.74 Å². The van der Waals surface area contributed by atoms with Crippen molar-refractivity contribution in [1.82, 2.24) is 0 Å². The van der Waals surface area contributed by atoms with Gasteiger partial charge in [0.05, 0.1) is 17.5 Å². The zero-order valence-electron chi connectivity index (χ0n) is 7.10. The van der Waals surface area contributed by atoms with Gasteiger partial charge in [0, 0.05) is 5.56 Å². The number of benzene rings is 1. The Hall–Kier alpha value is -0.650. The number of methoxy groups -OCH3 is 1. The first-order chi connectivity index (χ1) is 6.27. The van der Waals surface area contributed by atoms with Crippen molar-refractivity contribution in [2.24, 2.45) is 0 Å². The van der Waals surface area contributed by atoms with Gasteiger partial charge in [-0.1, -0.05) is 39.4 Å².